The average Bonchev–Trinajstić information content (AvgIpc) is 2.76. The van der Waals surface area contributed by atoms with Crippen molar-refractivity contribution in [3.63, 3.8) is 0 Å². The molecule has 1 unspecified atom stereocenters. The zero-order valence-corrected chi connectivity index (χ0v) is 11.3. The van der Waals surface area contributed by atoms with Gasteiger partial charge in [-0.25, -0.2) is 0 Å². The van der Waals surface area contributed by atoms with Gasteiger partial charge in [0.15, 0.2) is 0 Å². The maximum Gasteiger partial charge on any atom is 0.0462 e. The Kier molecular flexibility index (Phi) is 4.98. The van der Waals surface area contributed by atoms with Crippen LogP contribution in [0.3, 0.4) is 0 Å². The number of ether oxygens (including phenoxy) is 1. The van der Waals surface area contributed by atoms with Crippen molar-refractivity contribution in [2.75, 3.05) is 26.8 Å². The fraction of sp³-hybridized carbons (Fsp3) is 0.692. The van der Waals surface area contributed by atoms with Gasteiger partial charge in [-0.05, 0) is 36.3 Å². The van der Waals surface area contributed by atoms with Gasteiger partial charge in [-0.15, -0.1) is 11.3 Å². The Morgan fingerprint density at radius 2 is 2.47 bits per heavy atom. The van der Waals surface area contributed by atoms with E-state index in [0.717, 1.165) is 39.1 Å². The van der Waals surface area contributed by atoms with Crippen LogP contribution in [0.1, 0.15) is 23.3 Å². The highest BCUT2D eigenvalue weighted by molar-refractivity contribution is 7.10. The Morgan fingerprint density at radius 1 is 1.59 bits per heavy atom. The summed E-state index contributed by atoms with van der Waals surface area (Å²) in [5, 5.41) is 2.20. The molecule has 0 radical (unpaired) electrons. The van der Waals surface area contributed by atoms with Crippen LogP contribution in [0.5, 0.6) is 0 Å². The van der Waals surface area contributed by atoms with E-state index in [1.54, 1.807) is 12.0 Å². The first-order chi connectivity index (χ1) is 8.29. The van der Waals surface area contributed by atoms with Crippen LogP contribution < -0.4 is 5.73 Å². The fourth-order valence-electron chi connectivity index (χ4n) is 2.38. The molecule has 1 aromatic heterocycles. The van der Waals surface area contributed by atoms with Gasteiger partial charge in [0.05, 0.1) is 0 Å². The zero-order valence-electron chi connectivity index (χ0n) is 10.5. The summed E-state index contributed by atoms with van der Waals surface area (Å²) in [5.74, 6) is 0. The molecular formula is C13H22N2OS. The maximum atomic E-state index is 6.15. The quantitative estimate of drug-likeness (QED) is 0.788. The highest BCUT2D eigenvalue weighted by atomic mass is 32.1. The van der Waals surface area contributed by atoms with Gasteiger partial charge in [0, 0.05) is 44.3 Å². The molecule has 3 nitrogen and oxygen atoms in total. The summed E-state index contributed by atoms with van der Waals surface area (Å²) in [6, 6.07) is 2.54. The second kappa shape index (κ2) is 6.50. The van der Waals surface area contributed by atoms with E-state index in [1.165, 1.54) is 12.0 Å². The van der Waals surface area contributed by atoms with Crippen LogP contribution in [0.2, 0.25) is 0 Å². The Balaban J connectivity index is 1.74. The van der Waals surface area contributed by atoms with Gasteiger partial charge in [0.1, 0.15) is 0 Å². The number of fused-ring (bicyclic) bond motifs is 1. The number of rotatable bonds is 6. The minimum absolute atomic E-state index is 0.283. The zero-order chi connectivity index (χ0) is 12.1. The van der Waals surface area contributed by atoms with Gasteiger partial charge in [-0.3, -0.25) is 4.90 Å². The van der Waals surface area contributed by atoms with E-state index >= 15 is 0 Å². The molecule has 2 rings (SSSR count). The molecule has 0 saturated carbocycles. The number of nitrogens with zero attached hydrogens (tertiary/aromatic N) is 1. The summed E-state index contributed by atoms with van der Waals surface area (Å²) in [6.45, 7) is 4.07. The van der Waals surface area contributed by atoms with Crippen LogP contribution >= 0.6 is 11.3 Å². The Bertz CT molecular complexity index is 340. The first-order valence-corrected chi connectivity index (χ1v) is 7.19. The number of methoxy groups -OCH3 is 1. The standard InChI is InChI=1S/C13H22N2OS/c1-16-7-2-3-12(14)10-15-6-4-13-11(9-15)5-8-17-13/h5,8,12H,2-4,6-7,9-10,14H2,1H3. The van der Waals surface area contributed by atoms with Gasteiger partial charge in [-0.2, -0.15) is 0 Å². The summed E-state index contributed by atoms with van der Waals surface area (Å²) in [6.07, 6.45) is 3.31. The van der Waals surface area contributed by atoms with Crippen LogP contribution in [-0.4, -0.2) is 37.7 Å². The molecule has 1 atom stereocenters. The third-order valence-electron chi connectivity index (χ3n) is 3.30. The summed E-state index contributed by atoms with van der Waals surface area (Å²) in [7, 11) is 1.74. The second-order valence-corrected chi connectivity index (χ2v) is 5.75. The van der Waals surface area contributed by atoms with Crippen molar-refractivity contribution in [1.82, 2.24) is 4.90 Å². The summed E-state index contributed by atoms with van der Waals surface area (Å²) >= 11 is 1.89. The second-order valence-electron chi connectivity index (χ2n) is 4.75. The average molecular weight is 254 g/mol. The van der Waals surface area contributed by atoms with Gasteiger partial charge in [0.25, 0.3) is 0 Å². The van der Waals surface area contributed by atoms with E-state index in [1.807, 2.05) is 11.3 Å². The van der Waals surface area contributed by atoms with Crippen LogP contribution in [0, 0.1) is 0 Å². The molecule has 0 spiro atoms. The van der Waals surface area contributed by atoms with Crippen molar-refractivity contribution in [2.24, 2.45) is 5.73 Å². The monoisotopic (exact) mass is 254 g/mol. The first-order valence-electron chi connectivity index (χ1n) is 6.31. The molecule has 1 aromatic rings. The topological polar surface area (TPSA) is 38.5 Å². The van der Waals surface area contributed by atoms with Crippen LogP contribution in [0.4, 0.5) is 0 Å². The van der Waals surface area contributed by atoms with Gasteiger partial charge >= 0.3 is 0 Å². The number of hydrogen-bond donors (Lipinski definition) is 1. The van der Waals surface area contributed by atoms with Crippen molar-refractivity contribution in [3.8, 4) is 0 Å². The van der Waals surface area contributed by atoms with Crippen molar-refractivity contribution in [3.05, 3.63) is 21.9 Å². The van der Waals surface area contributed by atoms with E-state index < -0.39 is 0 Å². The van der Waals surface area contributed by atoms with Crippen molar-refractivity contribution < 1.29 is 4.74 Å². The molecule has 2 heterocycles. The minimum atomic E-state index is 0.283. The summed E-state index contributed by atoms with van der Waals surface area (Å²) < 4.78 is 5.05. The lowest BCUT2D eigenvalue weighted by Gasteiger charge is -2.29. The van der Waals surface area contributed by atoms with Crippen molar-refractivity contribution in [2.45, 2.75) is 31.8 Å². The molecule has 96 valence electrons. The smallest absolute Gasteiger partial charge is 0.0462 e. The summed E-state index contributed by atoms with van der Waals surface area (Å²) in [5.41, 5.74) is 7.65. The SMILES string of the molecule is COCCCC(N)CN1CCc2sccc2C1. The molecule has 0 aliphatic carbocycles. The molecule has 17 heavy (non-hydrogen) atoms. The molecule has 2 N–H and O–H groups in total. The van der Waals surface area contributed by atoms with Gasteiger partial charge < -0.3 is 10.5 Å². The van der Waals surface area contributed by atoms with Crippen LogP contribution in [0.25, 0.3) is 0 Å². The first kappa shape index (κ1) is 13.0. The molecular weight excluding hydrogens is 232 g/mol. The third kappa shape index (κ3) is 3.78. The number of hydrogen-bond acceptors (Lipinski definition) is 4. The lowest BCUT2D eigenvalue weighted by Crippen LogP contribution is -2.40. The van der Waals surface area contributed by atoms with Crippen molar-refractivity contribution in [1.29, 1.82) is 0 Å². The molecule has 0 amide bonds. The van der Waals surface area contributed by atoms with E-state index in [4.69, 9.17) is 10.5 Å². The van der Waals surface area contributed by atoms with Crippen molar-refractivity contribution >= 4 is 11.3 Å². The largest absolute Gasteiger partial charge is 0.385 e. The Labute approximate surface area is 108 Å². The van der Waals surface area contributed by atoms with Gasteiger partial charge in [0.2, 0.25) is 0 Å². The Morgan fingerprint density at radius 3 is 3.29 bits per heavy atom. The molecule has 4 heteroatoms. The van der Waals surface area contributed by atoms with Crippen LogP contribution in [0.15, 0.2) is 11.4 Å². The molecule has 0 fully saturated rings. The fourth-order valence-corrected chi connectivity index (χ4v) is 3.27. The number of thiophene rings is 1. The van der Waals surface area contributed by atoms with Gasteiger partial charge in [-0.1, -0.05) is 0 Å². The molecule has 1 aliphatic heterocycles. The maximum absolute atomic E-state index is 6.15. The minimum Gasteiger partial charge on any atom is -0.385 e. The Hall–Kier alpha value is -0.420. The predicted molar refractivity (Wildman–Crippen MR) is 72.4 cm³/mol. The normalized spacial score (nSPS) is 18.0. The van der Waals surface area contributed by atoms with E-state index in [0.29, 0.717) is 0 Å². The lowest BCUT2D eigenvalue weighted by atomic mass is 10.1. The highest BCUT2D eigenvalue weighted by Crippen LogP contribution is 2.23. The summed E-state index contributed by atoms with van der Waals surface area (Å²) in [4.78, 5) is 4.04. The highest BCUT2D eigenvalue weighted by Gasteiger charge is 2.18. The predicted octanol–water partition coefficient (Wildman–Crippen LogP) is 1.86. The van der Waals surface area contributed by atoms with Crippen LogP contribution in [-0.2, 0) is 17.7 Å². The lowest BCUT2D eigenvalue weighted by molar-refractivity contribution is 0.183. The number of nitrogens with two attached hydrogens (primary N) is 1. The molecule has 0 bridgehead atoms. The molecule has 1 aliphatic rings. The van der Waals surface area contributed by atoms with E-state index in [2.05, 4.69) is 16.3 Å². The van der Waals surface area contributed by atoms with E-state index in [-0.39, 0.29) is 6.04 Å². The molecule has 0 saturated heterocycles. The third-order valence-corrected chi connectivity index (χ3v) is 4.33. The molecule has 0 aromatic carbocycles. The van der Waals surface area contributed by atoms with E-state index in [9.17, 15) is 0 Å².